The maximum absolute atomic E-state index is 12.2. The summed E-state index contributed by atoms with van der Waals surface area (Å²) in [7, 11) is 1.80. The van der Waals surface area contributed by atoms with E-state index in [-0.39, 0.29) is 0 Å². The van der Waals surface area contributed by atoms with Crippen LogP contribution in [0.2, 0.25) is 0 Å². The molecule has 114 valence electrons. The number of hydrogen-bond acceptors (Lipinski definition) is 4. The van der Waals surface area contributed by atoms with Crippen LogP contribution in [0.4, 0.5) is 0 Å². The van der Waals surface area contributed by atoms with Crippen molar-refractivity contribution < 1.29 is 19.5 Å². The molecule has 1 rings (SSSR count). The molecular formula is C14H19N3O4. The van der Waals surface area contributed by atoms with Gasteiger partial charge in [0.15, 0.2) is 0 Å². The van der Waals surface area contributed by atoms with E-state index in [1.54, 1.807) is 31.3 Å². The average Bonchev–Trinajstić information content (AvgIpc) is 2.44. The highest BCUT2D eigenvalue weighted by molar-refractivity contribution is 5.98. The van der Waals surface area contributed by atoms with E-state index in [2.05, 4.69) is 10.6 Å². The second kappa shape index (κ2) is 8.01. The van der Waals surface area contributed by atoms with Crippen LogP contribution in [0.1, 0.15) is 22.3 Å². The van der Waals surface area contributed by atoms with E-state index in [9.17, 15) is 14.4 Å². The van der Waals surface area contributed by atoms with Gasteiger partial charge in [-0.15, -0.1) is 0 Å². The third-order valence-corrected chi connectivity index (χ3v) is 2.92. The molecule has 1 aromatic rings. The molecule has 0 spiro atoms. The van der Waals surface area contributed by atoms with E-state index in [4.69, 9.17) is 10.8 Å². The van der Waals surface area contributed by atoms with Gasteiger partial charge < -0.3 is 21.5 Å². The first-order valence-electron chi connectivity index (χ1n) is 6.50. The lowest BCUT2D eigenvalue weighted by Gasteiger charge is -2.15. The topological polar surface area (TPSA) is 122 Å². The van der Waals surface area contributed by atoms with Gasteiger partial charge in [0.05, 0.1) is 6.42 Å². The van der Waals surface area contributed by atoms with E-state index in [1.165, 1.54) is 0 Å². The minimum atomic E-state index is -1.33. The Hall–Kier alpha value is -2.41. The Bertz CT molecular complexity index is 531. The van der Waals surface area contributed by atoms with Crippen molar-refractivity contribution in [2.75, 3.05) is 13.6 Å². The van der Waals surface area contributed by atoms with Gasteiger partial charge >= 0.3 is 5.97 Å². The van der Waals surface area contributed by atoms with Gasteiger partial charge in [0.1, 0.15) is 6.04 Å². The number of amides is 2. The summed E-state index contributed by atoms with van der Waals surface area (Å²) in [4.78, 5) is 34.0. The first kappa shape index (κ1) is 16.6. The largest absolute Gasteiger partial charge is 0.480 e. The van der Waals surface area contributed by atoms with Crippen LogP contribution in [0.15, 0.2) is 24.3 Å². The molecule has 7 heteroatoms. The molecule has 0 aromatic heterocycles. The number of carbonyl (C=O) groups is 3. The van der Waals surface area contributed by atoms with Gasteiger partial charge in [0.25, 0.3) is 5.91 Å². The van der Waals surface area contributed by atoms with Crippen LogP contribution in [-0.4, -0.2) is 42.5 Å². The minimum absolute atomic E-state index is 0.392. The Morgan fingerprint density at radius 2 is 1.95 bits per heavy atom. The number of carboxylic acid groups (broad SMARTS) is 1. The van der Waals surface area contributed by atoms with Crippen molar-refractivity contribution in [3.8, 4) is 0 Å². The molecule has 2 amide bonds. The monoisotopic (exact) mass is 293 g/mol. The number of nitrogens with two attached hydrogens (primary N) is 1. The molecule has 0 radical (unpaired) electrons. The number of aliphatic carboxylic acids is 1. The Labute approximate surface area is 122 Å². The number of benzene rings is 1. The summed E-state index contributed by atoms with van der Waals surface area (Å²) >= 11 is 0. The Morgan fingerprint density at radius 1 is 1.29 bits per heavy atom. The standard InChI is InChI=1S/C14H19N3O4/c1-16-7-6-9-4-2-3-5-10(9)13(19)17-11(14(20)21)8-12(15)18/h2-5,11,16H,6-8H2,1H3,(H2,15,18)(H,17,19)(H,20,21)/t11-/m0/s1. The molecule has 1 atom stereocenters. The van der Waals surface area contributed by atoms with Crippen molar-refractivity contribution in [1.82, 2.24) is 10.6 Å². The maximum Gasteiger partial charge on any atom is 0.326 e. The summed E-state index contributed by atoms with van der Waals surface area (Å²) in [5.74, 6) is -2.61. The summed E-state index contributed by atoms with van der Waals surface area (Å²) in [6.07, 6.45) is 0.188. The normalized spacial score (nSPS) is 11.7. The summed E-state index contributed by atoms with van der Waals surface area (Å²) in [6, 6.07) is 5.59. The van der Waals surface area contributed by atoms with Crippen LogP contribution >= 0.6 is 0 Å². The molecule has 0 bridgehead atoms. The molecule has 21 heavy (non-hydrogen) atoms. The van der Waals surface area contributed by atoms with Gasteiger partial charge in [0.2, 0.25) is 5.91 Å². The van der Waals surface area contributed by atoms with Crippen molar-refractivity contribution >= 4 is 17.8 Å². The second-order valence-corrected chi connectivity index (χ2v) is 4.55. The van der Waals surface area contributed by atoms with Crippen LogP contribution in [0.3, 0.4) is 0 Å². The molecule has 0 saturated carbocycles. The zero-order chi connectivity index (χ0) is 15.8. The van der Waals surface area contributed by atoms with Gasteiger partial charge in [-0.2, -0.15) is 0 Å². The molecule has 0 aliphatic carbocycles. The Kier molecular flexibility index (Phi) is 6.35. The molecule has 0 fully saturated rings. The van der Waals surface area contributed by atoms with Gasteiger partial charge in [-0.3, -0.25) is 9.59 Å². The van der Waals surface area contributed by atoms with Crippen LogP contribution in [0, 0.1) is 0 Å². The third kappa shape index (κ3) is 5.23. The predicted octanol–water partition coefficient (Wildman–Crippen LogP) is -0.493. The predicted molar refractivity (Wildman–Crippen MR) is 76.8 cm³/mol. The van der Waals surface area contributed by atoms with Crippen molar-refractivity contribution in [2.45, 2.75) is 18.9 Å². The zero-order valence-electron chi connectivity index (χ0n) is 11.8. The first-order chi connectivity index (χ1) is 9.95. The summed E-state index contributed by atoms with van der Waals surface area (Å²) in [5, 5.41) is 14.3. The third-order valence-electron chi connectivity index (χ3n) is 2.92. The zero-order valence-corrected chi connectivity index (χ0v) is 11.8. The lowest BCUT2D eigenvalue weighted by atomic mass is 10.0. The van der Waals surface area contributed by atoms with Crippen molar-refractivity contribution in [2.24, 2.45) is 5.73 Å². The van der Waals surface area contributed by atoms with Crippen LogP contribution in [0.5, 0.6) is 0 Å². The molecule has 1 aromatic carbocycles. The van der Waals surface area contributed by atoms with E-state index in [0.717, 1.165) is 5.56 Å². The summed E-state index contributed by atoms with van der Waals surface area (Å²) in [5.41, 5.74) is 6.17. The highest BCUT2D eigenvalue weighted by Gasteiger charge is 2.23. The molecule has 0 heterocycles. The lowest BCUT2D eigenvalue weighted by molar-refractivity contribution is -0.140. The minimum Gasteiger partial charge on any atom is -0.480 e. The van der Waals surface area contributed by atoms with Gasteiger partial charge in [0, 0.05) is 5.56 Å². The van der Waals surface area contributed by atoms with Crippen LogP contribution in [-0.2, 0) is 16.0 Å². The number of carbonyl (C=O) groups excluding carboxylic acids is 2. The fourth-order valence-corrected chi connectivity index (χ4v) is 1.86. The lowest BCUT2D eigenvalue weighted by Crippen LogP contribution is -2.43. The number of carboxylic acids is 1. The van der Waals surface area contributed by atoms with Gasteiger partial charge in [-0.25, -0.2) is 4.79 Å². The SMILES string of the molecule is CNCCc1ccccc1C(=O)N[C@@H](CC(N)=O)C(=O)O. The van der Waals surface area contributed by atoms with E-state index >= 15 is 0 Å². The molecular weight excluding hydrogens is 274 g/mol. The number of hydrogen-bond donors (Lipinski definition) is 4. The number of nitrogens with one attached hydrogen (secondary N) is 2. The fraction of sp³-hybridized carbons (Fsp3) is 0.357. The van der Waals surface area contributed by atoms with E-state index < -0.39 is 30.2 Å². The highest BCUT2D eigenvalue weighted by atomic mass is 16.4. The average molecular weight is 293 g/mol. The molecule has 0 saturated heterocycles. The number of likely N-dealkylation sites (N-methyl/N-ethyl adjacent to an activating group) is 1. The molecule has 5 N–H and O–H groups in total. The smallest absolute Gasteiger partial charge is 0.326 e. The maximum atomic E-state index is 12.2. The Balaban J connectivity index is 2.87. The van der Waals surface area contributed by atoms with Crippen molar-refractivity contribution in [1.29, 1.82) is 0 Å². The van der Waals surface area contributed by atoms with E-state index in [1.807, 2.05) is 0 Å². The summed E-state index contributed by atoms with van der Waals surface area (Å²) in [6.45, 7) is 0.688. The van der Waals surface area contributed by atoms with Crippen molar-refractivity contribution in [3.05, 3.63) is 35.4 Å². The highest BCUT2D eigenvalue weighted by Crippen LogP contribution is 2.10. The van der Waals surface area contributed by atoms with Crippen LogP contribution in [0.25, 0.3) is 0 Å². The molecule has 0 unspecified atom stereocenters. The van der Waals surface area contributed by atoms with E-state index in [0.29, 0.717) is 18.5 Å². The first-order valence-corrected chi connectivity index (χ1v) is 6.50. The number of primary amides is 1. The second-order valence-electron chi connectivity index (χ2n) is 4.55. The van der Waals surface area contributed by atoms with Crippen LogP contribution < -0.4 is 16.4 Å². The molecule has 0 aliphatic rings. The van der Waals surface area contributed by atoms with Crippen molar-refractivity contribution in [3.63, 3.8) is 0 Å². The van der Waals surface area contributed by atoms with Gasteiger partial charge in [-0.1, -0.05) is 18.2 Å². The quantitative estimate of drug-likeness (QED) is 0.515. The fourth-order valence-electron chi connectivity index (χ4n) is 1.86. The molecule has 0 aliphatic heterocycles. The molecule has 7 nitrogen and oxygen atoms in total. The van der Waals surface area contributed by atoms with Gasteiger partial charge in [-0.05, 0) is 31.6 Å². The Morgan fingerprint density at radius 3 is 2.52 bits per heavy atom. The number of rotatable bonds is 8. The summed E-state index contributed by atoms with van der Waals surface area (Å²) < 4.78 is 0.